The van der Waals surface area contributed by atoms with Crippen molar-refractivity contribution in [1.82, 2.24) is 20.2 Å². The Bertz CT molecular complexity index is 2420. The number of esters is 1. The number of ether oxygens (including phenoxy) is 1. The van der Waals surface area contributed by atoms with Gasteiger partial charge in [0.05, 0.1) is 35.3 Å². The number of carbonyl (C=O) groups is 6. The van der Waals surface area contributed by atoms with Gasteiger partial charge in [0.1, 0.15) is 24.0 Å². The van der Waals surface area contributed by atoms with Crippen LogP contribution in [0, 0.1) is 34.5 Å². The number of carboxylic acid groups (broad SMARTS) is 3. The molecule has 0 fully saturated rings. The first kappa shape index (κ1) is 51.4. The van der Waals surface area contributed by atoms with Crippen LogP contribution in [0.1, 0.15) is 142 Å². The van der Waals surface area contributed by atoms with Crippen molar-refractivity contribution in [2.75, 3.05) is 11.4 Å². The van der Waals surface area contributed by atoms with Gasteiger partial charge in [0.15, 0.2) is 0 Å². The zero-order valence-corrected chi connectivity index (χ0v) is 39.7. The number of rotatable bonds is 16. The predicted octanol–water partition coefficient (Wildman–Crippen LogP) is 6.74. The molecule has 5 N–H and O–H groups in total. The summed E-state index contributed by atoms with van der Waals surface area (Å²) in [5, 5.41) is 34.2. The number of aromatic nitrogens is 2. The van der Waals surface area contributed by atoms with Crippen LogP contribution in [0.3, 0.4) is 0 Å². The number of nitrogens with zero attached hydrogens (tertiary/aromatic N) is 3. The number of carbonyl (C=O) groups excluding carboxylic acids is 3. The second-order valence-electron chi connectivity index (χ2n) is 21.0. The van der Waals surface area contributed by atoms with E-state index in [1.165, 1.54) is 17.0 Å². The Morgan fingerprint density at radius 2 is 1.55 bits per heavy atom. The number of H-pyrrole nitrogens is 1. The quantitative estimate of drug-likeness (QED) is 0.0741. The molecule has 3 aromatic rings. The Labute approximate surface area is 380 Å². The van der Waals surface area contributed by atoms with Crippen molar-refractivity contribution in [3.05, 3.63) is 69.3 Å². The first-order valence-corrected chi connectivity index (χ1v) is 21.7. The molecule has 352 valence electrons. The van der Waals surface area contributed by atoms with Gasteiger partial charge in [-0.15, -0.1) is 6.42 Å². The lowest BCUT2D eigenvalue weighted by atomic mass is 9.56. The van der Waals surface area contributed by atoms with Crippen LogP contribution in [0.15, 0.2) is 41.2 Å². The lowest BCUT2D eigenvalue weighted by Gasteiger charge is -2.60. The summed E-state index contributed by atoms with van der Waals surface area (Å²) in [6, 6.07) is 8.30. The maximum atomic E-state index is 14.5. The van der Waals surface area contributed by atoms with Crippen molar-refractivity contribution >= 4 is 52.3 Å². The van der Waals surface area contributed by atoms with Crippen LogP contribution >= 0.6 is 0 Å². The van der Waals surface area contributed by atoms with Crippen LogP contribution < -0.4 is 15.8 Å². The summed E-state index contributed by atoms with van der Waals surface area (Å²) in [7, 11) is 0. The van der Waals surface area contributed by atoms with Crippen molar-refractivity contribution in [2.24, 2.45) is 22.2 Å². The number of benzene rings is 2. The number of aliphatic carboxylic acids is 3. The maximum absolute atomic E-state index is 14.5. The minimum absolute atomic E-state index is 0.127. The van der Waals surface area contributed by atoms with Crippen LogP contribution in [-0.2, 0) is 41.7 Å². The summed E-state index contributed by atoms with van der Waals surface area (Å²) in [6.07, 6.45) is 5.75. The van der Waals surface area contributed by atoms with Gasteiger partial charge in [0, 0.05) is 29.1 Å². The fourth-order valence-electron chi connectivity index (χ4n) is 9.11. The summed E-state index contributed by atoms with van der Waals surface area (Å²) >= 11 is 0. The standard InChI is InChI=1S/C49H65N5O11/c1-14-23-53(35-21-17-29-24-34-32(25-31(29)35)41(59)52-37(50-34)27-65-44(64)46(5,6)7)30-18-15-28(16-19-30)40(58)51-33(42(60)61)20-22-38(55)54(48(11,12)13)49(43(62)63,47(8,9)10)36(26-39(56)57)45(2,3)4/h1,15-16,18-19,24-25,33,35-36H,17,20-23,26-27H2,2-13H3,(H,51,58)(H,56,57)(H,60,61)(H,62,63)(H,50,52,59)/t33-,35?,36?,49+/m0/s1. The van der Waals surface area contributed by atoms with E-state index in [-0.39, 0.29) is 42.6 Å². The van der Waals surface area contributed by atoms with Gasteiger partial charge in [-0.05, 0) is 119 Å². The molecule has 16 nitrogen and oxygen atoms in total. The number of amides is 2. The zero-order chi connectivity index (χ0) is 49.2. The van der Waals surface area contributed by atoms with E-state index in [1.807, 2.05) is 11.0 Å². The highest BCUT2D eigenvalue weighted by molar-refractivity contribution is 5.97. The highest BCUT2D eigenvalue weighted by Crippen LogP contribution is 2.52. The summed E-state index contributed by atoms with van der Waals surface area (Å²) in [5.41, 5.74) is -3.33. The number of aryl methyl sites for hydroxylation is 1. The van der Waals surface area contributed by atoms with Crippen LogP contribution in [0.4, 0.5) is 5.69 Å². The summed E-state index contributed by atoms with van der Waals surface area (Å²) in [6.45, 7) is 20.3. The Hall–Kier alpha value is -6.24. The van der Waals surface area contributed by atoms with E-state index in [9.17, 15) is 48.9 Å². The lowest BCUT2D eigenvalue weighted by molar-refractivity contribution is -0.193. The number of hydrogen-bond donors (Lipinski definition) is 5. The molecular weight excluding hydrogens is 835 g/mol. The van der Waals surface area contributed by atoms with Gasteiger partial charge in [-0.25, -0.2) is 14.6 Å². The molecule has 0 aliphatic heterocycles. The molecule has 0 saturated heterocycles. The molecule has 1 aliphatic rings. The number of carboxylic acids is 3. The van der Waals surface area contributed by atoms with E-state index in [1.54, 1.807) is 101 Å². The molecule has 0 radical (unpaired) electrons. The van der Waals surface area contributed by atoms with E-state index >= 15 is 0 Å². The van der Waals surface area contributed by atoms with E-state index < -0.39 is 87.8 Å². The van der Waals surface area contributed by atoms with Crippen molar-refractivity contribution in [3.8, 4) is 12.3 Å². The van der Waals surface area contributed by atoms with Crippen molar-refractivity contribution in [3.63, 3.8) is 0 Å². The van der Waals surface area contributed by atoms with Gasteiger partial charge < -0.3 is 40.2 Å². The fourth-order valence-corrected chi connectivity index (χ4v) is 9.11. The Balaban J connectivity index is 1.57. The first-order valence-electron chi connectivity index (χ1n) is 21.7. The van der Waals surface area contributed by atoms with Crippen molar-refractivity contribution in [2.45, 2.75) is 145 Å². The minimum atomic E-state index is -2.06. The number of aromatic amines is 1. The average Bonchev–Trinajstić information content (AvgIpc) is 3.58. The van der Waals surface area contributed by atoms with Gasteiger partial charge in [-0.3, -0.25) is 24.0 Å². The second kappa shape index (κ2) is 19.1. The van der Waals surface area contributed by atoms with Gasteiger partial charge >= 0.3 is 23.9 Å². The highest BCUT2D eigenvalue weighted by Gasteiger charge is 2.64. The molecule has 0 bridgehead atoms. The molecule has 2 aromatic carbocycles. The molecule has 16 heteroatoms. The van der Waals surface area contributed by atoms with E-state index in [0.717, 1.165) is 11.1 Å². The van der Waals surface area contributed by atoms with E-state index in [0.29, 0.717) is 29.4 Å². The van der Waals surface area contributed by atoms with Gasteiger partial charge in [-0.2, -0.15) is 0 Å². The molecule has 0 saturated carbocycles. The van der Waals surface area contributed by atoms with Gasteiger partial charge in [0.25, 0.3) is 11.5 Å². The smallest absolute Gasteiger partial charge is 0.330 e. The third-order valence-corrected chi connectivity index (χ3v) is 12.0. The van der Waals surface area contributed by atoms with Crippen LogP contribution in [0.25, 0.3) is 10.9 Å². The second-order valence-corrected chi connectivity index (χ2v) is 21.0. The van der Waals surface area contributed by atoms with Gasteiger partial charge in [-0.1, -0.05) is 47.5 Å². The monoisotopic (exact) mass is 899 g/mol. The number of nitrogens with one attached hydrogen (secondary N) is 2. The SMILES string of the molecule is C#CCN(c1ccc(C(=O)N[C@@H](CCC(=O)N(C(C)(C)C)[C@@](C(=O)O)(C(CC(=O)O)C(C)(C)C)C(C)(C)C)C(=O)O)cc1)C1CCc2cc3nc(COC(=O)C(C)(C)C)[nH]c(=O)c3cc21. The number of terminal acetylenes is 1. The average molecular weight is 900 g/mol. The number of hydrogen-bond acceptors (Lipinski definition) is 10. The Morgan fingerprint density at radius 1 is 0.938 bits per heavy atom. The molecule has 65 heavy (non-hydrogen) atoms. The van der Waals surface area contributed by atoms with Gasteiger partial charge in [0.2, 0.25) is 5.91 Å². The van der Waals surface area contributed by atoms with Crippen LogP contribution in [-0.4, -0.2) is 89.5 Å². The zero-order valence-electron chi connectivity index (χ0n) is 39.7. The molecule has 1 heterocycles. The molecule has 2 amide bonds. The largest absolute Gasteiger partial charge is 0.481 e. The van der Waals surface area contributed by atoms with Crippen LogP contribution in [0.2, 0.25) is 0 Å². The van der Waals surface area contributed by atoms with Crippen molar-refractivity contribution in [1.29, 1.82) is 0 Å². The molecular formula is C49H65N5O11. The Morgan fingerprint density at radius 3 is 2.05 bits per heavy atom. The first-order chi connectivity index (χ1) is 29.9. The third-order valence-electron chi connectivity index (χ3n) is 12.0. The summed E-state index contributed by atoms with van der Waals surface area (Å²) in [5.74, 6) is -4.05. The molecule has 2 unspecified atom stereocenters. The number of fused-ring (bicyclic) bond motifs is 2. The maximum Gasteiger partial charge on any atom is 0.330 e. The summed E-state index contributed by atoms with van der Waals surface area (Å²) < 4.78 is 5.36. The van der Waals surface area contributed by atoms with E-state index in [2.05, 4.69) is 21.2 Å². The summed E-state index contributed by atoms with van der Waals surface area (Å²) in [4.78, 5) is 103. The third kappa shape index (κ3) is 11.2. The fraction of sp³-hybridized carbons (Fsp3) is 0.551. The lowest BCUT2D eigenvalue weighted by Crippen LogP contribution is -2.74. The molecule has 0 spiro atoms. The minimum Gasteiger partial charge on any atom is -0.481 e. The molecule has 1 aromatic heterocycles. The highest BCUT2D eigenvalue weighted by atomic mass is 16.5. The predicted molar refractivity (Wildman–Crippen MR) is 245 cm³/mol. The Kier molecular flexibility index (Phi) is 15.1. The van der Waals surface area contributed by atoms with Crippen LogP contribution in [0.5, 0.6) is 0 Å². The number of anilines is 1. The van der Waals surface area contributed by atoms with E-state index in [4.69, 9.17) is 11.2 Å². The normalized spacial score (nSPS) is 16.0. The molecule has 4 rings (SSSR count). The van der Waals surface area contributed by atoms with Crippen molar-refractivity contribution < 1.29 is 48.8 Å². The topological polar surface area (TPSA) is 237 Å². The molecule has 4 atom stereocenters. The molecule has 1 aliphatic carbocycles.